The van der Waals surface area contributed by atoms with Crippen molar-refractivity contribution in [3.05, 3.63) is 59.3 Å². The maximum absolute atomic E-state index is 12.4. The van der Waals surface area contributed by atoms with Crippen LogP contribution >= 0.6 is 0 Å². The van der Waals surface area contributed by atoms with Gasteiger partial charge in [0.2, 0.25) is 5.88 Å². The van der Waals surface area contributed by atoms with E-state index in [1.807, 2.05) is 31.2 Å². The molecule has 2 aromatic rings. The Kier molecular flexibility index (Phi) is 8.34. The standard InChI is InChI=1S/C27H33N3O5/c1-2-34-27(33)21-9-12-23(13-10-21)35-24-14-11-22(17-30-24)26(32)29-16-15-28-25(31)20-7-5-19(6-8-20)18-3-4-18/h5-8,11,14,17-18,21,23H,2-4,9-10,12-13,15-16H2,1H3,(H,28,31)(H,29,32)/t21-,23+. The molecule has 0 aliphatic heterocycles. The van der Waals surface area contributed by atoms with Crippen LogP contribution < -0.4 is 15.4 Å². The Morgan fingerprint density at radius 2 is 1.49 bits per heavy atom. The van der Waals surface area contributed by atoms with Crippen molar-refractivity contribution in [2.75, 3.05) is 19.7 Å². The van der Waals surface area contributed by atoms with Gasteiger partial charge in [-0.15, -0.1) is 0 Å². The quantitative estimate of drug-likeness (QED) is 0.398. The van der Waals surface area contributed by atoms with Gasteiger partial charge >= 0.3 is 5.97 Å². The van der Waals surface area contributed by atoms with Crippen LogP contribution in [-0.2, 0) is 9.53 Å². The summed E-state index contributed by atoms with van der Waals surface area (Å²) in [4.78, 5) is 40.7. The zero-order valence-electron chi connectivity index (χ0n) is 20.1. The second-order valence-corrected chi connectivity index (χ2v) is 9.14. The summed E-state index contributed by atoms with van der Waals surface area (Å²) in [5.74, 6) is 0.535. The molecule has 1 aromatic carbocycles. The molecule has 1 heterocycles. The van der Waals surface area contributed by atoms with E-state index in [4.69, 9.17) is 9.47 Å². The third kappa shape index (κ3) is 7.04. The van der Waals surface area contributed by atoms with E-state index in [0.29, 0.717) is 42.6 Å². The van der Waals surface area contributed by atoms with Crippen molar-refractivity contribution in [3.8, 4) is 5.88 Å². The minimum atomic E-state index is -0.262. The predicted molar refractivity (Wildman–Crippen MR) is 130 cm³/mol. The van der Waals surface area contributed by atoms with Crippen LogP contribution in [0.15, 0.2) is 42.6 Å². The Morgan fingerprint density at radius 3 is 2.06 bits per heavy atom. The zero-order valence-corrected chi connectivity index (χ0v) is 20.1. The van der Waals surface area contributed by atoms with Gasteiger partial charge in [0, 0.05) is 30.9 Å². The minimum absolute atomic E-state index is 0.00127. The Labute approximate surface area is 205 Å². The highest BCUT2D eigenvalue weighted by Crippen LogP contribution is 2.39. The van der Waals surface area contributed by atoms with Crippen molar-refractivity contribution in [1.29, 1.82) is 0 Å². The monoisotopic (exact) mass is 479 g/mol. The van der Waals surface area contributed by atoms with Gasteiger partial charge in [0.05, 0.1) is 18.1 Å². The van der Waals surface area contributed by atoms with E-state index in [-0.39, 0.29) is 29.8 Å². The van der Waals surface area contributed by atoms with E-state index < -0.39 is 0 Å². The number of carbonyl (C=O) groups excluding carboxylic acids is 3. The van der Waals surface area contributed by atoms with E-state index in [9.17, 15) is 14.4 Å². The lowest BCUT2D eigenvalue weighted by atomic mass is 9.87. The van der Waals surface area contributed by atoms with Crippen LogP contribution in [0.2, 0.25) is 0 Å². The molecule has 2 saturated carbocycles. The summed E-state index contributed by atoms with van der Waals surface area (Å²) in [6.45, 7) is 2.86. The topological polar surface area (TPSA) is 107 Å². The van der Waals surface area contributed by atoms with E-state index in [0.717, 1.165) is 25.7 Å². The number of esters is 1. The molecule has 2 fully saturated rings. The van der Waals surface area contributed by atoms with Gasteiger partial charge in [-0.2, -0.15) is 0 Å². The van der Waals surface area contributed by atoms with Crippen molar-refractivity contribution in [1.82, 2.24) is 15.6 Å². The lowest BCUT2D eigenvalue weighted by Crippen LogP contribution is -2.34. The Balaban J connectivity index is 1.14. The van der Waals surface area contributed by atoms with Crippen LogP contribution in [0.25, 0.3) is 0 Å². The molecule has 0 atom stereocenters. The first-order valence-corrected chi connectivity index (χ1v) is 12.5. The fraction of sp³-hybridized carbons (Fsp3) is 0.481. The second-order valence-electron chi connectivity index (χ2n) is 9.14. The highest BCUT2D eigenvalue weighted by Gasteiger charge is 2.28. The molecule has 0 unspecified atom stereocenters. The van der Waals surface area contributed by atoms with E-state index >= 15 is 0 Å². The van der Waals surface area contributed by atoms with Crippen LogP contribution in [0.4, 0.5) is 0 Å². The third-order valence-corrected chi connectivity index (χ3v) is 6.50. The number of nitrogens with zero attached hydrogens (tertiary/aromatic N) is 1. The fourth-order valence-electron chi connectivity index (χ4n) is 4.31. The highest BCUT2D eigenvalue weighted by atomic mass is 16.5. The molecular weight excluding hydrogens is 446 g/mol. The molecule has 1 aromatic heterocycles. The van der Waals surface area contributed by atoms with E-state index in [2.05, 4.69) is 15.6 Å². The number of aromatic nitrogens is 1. The Bertz CT molecular complexity index is 1010. The number of ether oxygens (including phenoxy) is 2. The van der Waals surface area contributed by atoms with Gasteiger partial charge in [-0.25, -0.2) is 4.98 Å². The van der Waals surface area contributed by atoms with Crippen molar-refractivity contribution < 1.29 is 23.9 Å². The first kappa shape index (κ1) is 24.7. The smallest absolute Gasteiger partial charge is 0.308 e. The molecule has 8 heteroatoms. The molecule has 0 bridgehead atoms. The molecule has 2 aliphatic rings. The average molecular weight is 480 g/mol. The Hall–Kier alpha value is -3.42. The van der Waals surface area contributed by atoms with Crippen LogP contribution in [0.3, 0.4) is 0 Å². The predicted octanol–water partition coefficient (Wildman–Crippen LogP) is 3.62. The van der Waals surface area contributed by atoms with Crippen molar-refractivity contribution in [2.24, 2.45) is 5.92 Å². The van der Waals surface area contributed by atoms with Gasteiger partial charge in [-0.3, -0.25) is 14.4 Å². The fourth-order valence-corrected chi connectivity index (χ4v) is 4.31. The molecule has 8 nitrogen and oxygen atoms in total. The number of pyridine rings is 1. The van der Waals surface area contributed by atoms with Crippen molar-refractivity contribution in [3.63, 3.8) is 0 Å². The maximum Gasteiger partial charge on any atom is 0.308 e. The summed E-state index contributed by atoms with van der Waals surface area (Å²) in [6.07, 6.45) is 6.97. The number of carbonyl (C=O) groups is 3. The average Bonchev–Trinajstić information content (AvgIpc) is 3.73. The summed E-state index contributed by atoms with van der Waals surface area (Å²) >= 11 is 0. The third-order valence-electron chi connectivity index (χ3n) is 6.50. The highest BCUT2D eigenvalue weighted by molar-refractivity contribution is 5.95. The van der Waals surface area contributed by atoms with Gasteiger partial charge in [0.15, 0.2) is 0 Å². The molecule has 4 rings (SSSR count). The van der Waals surface area contributed by atoms with Crippen molar-refractivity contribution >= 4 is 17.8 Å². The molecule has 0 spiro atoms. The zero-order chi connectivity index (χ0) is 24.6. The number of benzene rings is 1. The van der Waals surface area contributed by atoms with Crippen LogP contribution in [0.5, 0.6) is 5.88 Å². The molecule has 2 aliphatic carbocycles. The van der Waals surface area contributed by atoms with Crippen LogP contribution in [0.1, 0.15) is 77.6 Å². The first-order valence-electron chi connectivity index (χ1n) is 12.5. The number of amides is 2. The molecule has 35 heavy (non-hydrogen) atoms. The molecule has 186 valence electrons. The molecule has 0 radical (unpaired) electrons. The summed E-state index contributed by atoms with van der Waals surface area (Å²) < 4.78 is 11.0. The SMILES string of the molecule is CCOC(=O)[C@H]1CC[C@@H](Oc2ccc(C(=O)NCCNC(=O)c3ccc(C4CC4)cc3)cn2)CC1. The summed E-state index contributed by atoms with van der Waals surface area (Å²) in [7, 11) is 0. The van der Waals surface area contributed by atoms with E-state index in [1.165, 1.54) is 24.6 Å². The summed E-state index contributed by atoms with van der Waals surface area (Å²) in [5, 5.41) is 5.61. The van der Waals surface area contributed by atoms with Gasteiger partial charge in [-0.05, 0) is 75.1 Å². The molecular formula is C27H33N3O5. The van der Waals surface area contributed by atoms with Gasteiger partial charge in [0.25, 0.3) is 11.8 Å². The minimum Gasteiger partial charge on any atom is -0.474 e. The van der Waals surface area contributed by atoms with Gasteiger partial charge in [-0.1, -0.05) is 12.1 Å². The lowest BCUT2D eigenvalue weighted by molar-refractivity contribution is -0.149. The van der Waals surface area contributed by atoms with Crippen LogP contribution in [0, 0.1) is 5.92 Å². The van der Waals surface area contributed by atoms with Gasteiger partial charge < -0.3 is 20.1 Å². The van der Waals surface area contributed by atoms with E-state index in [1.54, 1.807) is 12.1 Å². The first-order chi connectivity index (χ1) is 17.0. The number of nitrogens with one attached hydrogen (secondary N) is 2. The summed E-state index contributed by atoms with van der Waals surface area (Å²) in [6, 6.07) is 11.1. The van der Waals surface area contributed by atoms with Crippen LogP contribution in [-0.4, -0.2) is 48.6 Å². The molecule has 2 N–H and O–H groups in total. The maximum atomic E-state index is 12.4. The number of hydrogen-bond acceptors (Lipinski definition) is 6. The Morgan fingerprint density at radius 1 is 0.857 bits per heavy atom. The van der Waals surface area contributed by atoms with Crippen molar-refractivity contribution in [2.45, 2.75) is 57.5 Å². The largest absolute Gasteiger partial charge is 0.474 e. The number of hydrogen-bond donors (Lipinski definition) is 2. The molecule has 0 saturated heterocycles. The lowest BCUT2D eigenvalue weighted by Gasteiger charge is -2.27. The normalized spacial score (nSPS) is 19.5. The second kappa shape index (κ2) is 11.8. The molecule has 2 amide bonds. The van der Waals surface area contributed by atoms with Gasteiger partial charge in [0.1, 0.15) is 6.10 Å². The summed E-state index contributed by atoms with van der Waals surface area (Å²) in [5.41, 5.74) is 2.33. The number of rotatable bonds is 10.